The van der Waals surface area contributed by atoms with Crippen molar-refractivity contribution in [3.8, 4) is 0 Å². The van der Waals surface area contributed by atoms with Gasteiger partial charge < -0.3 is 14.6 Å². The van der Waals surface area contributed by atoms with Crippen LogP contribution < -0.4 is 0 Å². The van der Waals surface area contributed by atoms with Gasteiger partial charge in [-0.15, -0.1) is 0 Å². The molecule has 3 aliphatic carbocycles. The van der Waals surface area contributed by atoms with Gasteiger partial charge in [-0.3, -0.25) is 9.54 Å². The van der Waals surface area contributed by atoms with Gasteiger partial charge in [0, 0.05) is 22.9 Å². The van der Waals surface area contributed by atoms with Crippen molar-refractivity contribution in [3.05, 3.63) is 35.4 Å². The molecule has 0 bridgehead atoms. The fourth-order valence-electron chi connectivity index (χ4n) is 8.50. The summed E-state index contributed by atoms with van der Waals surface area (Å²) >= 11 is 2.28. The zero-order valence-corrected chi connectivity index (χ0v) is 27.4. The number of hydrogen-bond donors (Lipinski definition) is 1. The maximum absolute atomic E-state index is 15.9. The summed E-state index contributed by atoms with van der Waals surface area (Å²) in [5, 5.41) is 9.22. The molecule has 1 aliphatic heterocycles. The molecule has 0 radical (unpaired) electrons. The van der Waals surface area contributed by atoms with Crippen molar-refractivity contribution in [1.29, 1.82) is 0 Å². The average Bonchev–Trinajstić information content (AvgIpc) is 3.33. The van der Waals surface area contributed by atoms with Gasteiger partial charge in [0.15, 0.2) is 0 Å². The molecule has 40 heavy (non-hydrogen) atoms. The smallest absolute Gasteiger partial charge is 0.344 e. The Hall–Kier alpha value is -0.990. The summed E-state index contributed by atoms with van der Waals surface area (Å²) in [6, 6.07) is 8.12. The number of carboxylic acid groups (broad SMARTS) is 1. The molecule has 0 aromatic heterocycles. The highest BCUT2D eigenvalue weighted by Crippen LogP contribution is 2.86. The van der Waals surface area contributed by atoms with E-state index in [1.807, 2.05) is 32.0 Å². The van der Waals surface area contributed by atoms with Gasteiger partial charge in [-0.25, -0.2) is 9.18 Å². The standard InChI is InChI=1S/C31H44FINO5P/c1-18(2)24-10-9-20(4)12-23(24)13-27(35)39-21(5)16-40-29(17-33)26(38-15-22-8-6-7-19(3)11-22)14-25-30(32,28(36)37)31(25,29)34-40/h6-8,11,18,20-21,23-26,40H,9-10,12-17H2,1-5H3,(H,36,37)/t20-,21-,23+,24+,25?,26?,29?,30?,31+/m1/s1. The van der Waals surface area contributed by atoms with Crippen molar-refractivity contribution in [1.82, 2.24) is 0 Å². The maximum Gasteiger partial charge on any atom is 0.344 e. The van der Waals surface area contributed by atoms with Crippen LogP contribution in [0.25, 0.3) is 0 Å². The summed E-state index contributed by atoms with van der Waals surface area (Å²) in [7, 11) is -1.61. The van der Waals surface area contributed by atoms with Gasteiger partial charge in [0.05, 0.1) is 17.9 Å². The predicted octanol–water partition coefficient (Wildman–Crippen LogP) is 7.06. The zero-order valence-electron chi connectivity index (χ0n) is 24.3. The van der Waals surface area contributed by atoms with Gasteiger partial charge in [-0.1, -0.05) is 79.6 Å². The molecule has 0 amide bonds. The number of rotatable bonds is 11. The van der Waals surface area contributed by atoms with E-state index in [1.54, 1.807) is 0 Å². The summed E-state index contributed by atoms with van der Waals surface area (Å²) in [4.78, 5) is 25.2. The van der Waals surface area contributed by atoms with Crippen LogP contribution in [-0.4, -0.2) is 56.2 Å². The number of ether oxygens (including phenoxy) is 2. The largest absolute Gasteiger partial charge is 0.479 e. The Bertz CT molecular complexity index is 1200. The first kappa shape index (κ1) is 30.5. The zero-order chi connectivity index (χ0) is 29.0. The summed E-state index contributed by atoms with van der Waals surface area (Å²) < 4.78 is 33.8. The molecule has 1 heterocycles. The van der Waals surface area contributed by atoms with Crippen LogP contribution in [0.5, 0.6) is 0 Å². The predicted molar refractivity (Wildman–Crippen MR) is 164 cm³/mol. The molecular weight excluding hydrogens is 643 g/mol. The first-order chi connectivity index (χ1) is 18.9. The minimum absolute atomic E-state index is 0.161. The molecular formula is C31H44FINO5P. The van der Waals surface area contributed by atoms with Crippen molar-refractivity contribution < 1.29 is 28.6 Å². The SMILES string of the molecule is Cc1cccc(COC2CC3C(F)(C(=O)O)[C@]34N=[PH](C[C@@H](C)OC(=O)C[C@@H]3C[C@H](C)CC[C@H]3C(C)C)C24CI)c1. The Labute approximate surface area is 252 Å². The molecule has 6 nitrogen and oxygen atoms in total. The van der Waals surface area contributed by atoms with E-state index in [-0.39, 0.29) is 18.2 Å². The number of carbonyl (C=O) groups excluding carboxylic acids is 1. The topological polar surface area (TPSA) is 85.2 Å². The lowest BCUT2D eigenvalue weighted by Gasteiger charge is -2.51. The molecule has 222 valence electrons. The number of hydrogen-bond acceptors (Lipinski definition) is 5. The van der Waals surface area contributed by atoms with Crippen molar-refractivity contribution in [2.75, 3.05) is 10.6 Å². The highest BCUT2D eigenvalue weighted by atomic mass is 127. The third kappa shape index (κ3) is 4.70. The van der Waals surface area contributed by atoms with Crippen LogP contribution >= 0.6 is 30.3 Å². The molecule has 0 saturated heterocycles. The lowest BCUT2D eigenvalue weighted by molar-refractivity contribution is -0.149. The van der Waals surface area contributed by atoms with Gasteiger partial charge >= 0.3 is 11.9 Å². The van der Waals surface area contributed by atoms with E-state index in [1.165, 1.54) is 6.42 Å². The van der Waals surface area contributed by atoms with Gasteiger partial charge in [0.25, 0.3) is 0 Å². The number of halogens is 2. The summed E-state index contributed by atoms with van der Waals surface area (Å²) in [6.45, 7) is 11.1. The van der Waals surface area contributed by atoms with E-state index in [9.17, 15) is 14.7 Å². The molecule has 5 rings (SSSR count). The normalized spacial score (nSPS) is 40.4. The van der Waals surface area contributed by atoms with Crippen molar-refractivity contribution >= 4 is 42.2 Å². The fraction of sp³-hybridized carbons (Fsp3) is 0.742. The second kappa shape index (κ2) is 11.3. The van der Waals surface area contributed by atoms with Crippen LogP contribution in [0.3, 0.4) is 0 Å². The van der Waals surface area contributed by atoms with Gasteiger partial charge in [0.2, 0.25) is 5.67 Å². The number of carbonyl (C=O) groups is 2. The van der Waals surface area contributed by atoms with Gasteiger partial charge in [-0.05, 0) is 70.1 Å². The van der Waals surface area contributed by atoms with Gasteiger partial charge in [-0.2, -0.15) is 0 Å². The second-order valence-corrected chi connectivity index (χ2v) is 16.5. The number of benzene rings is 1. The number of aliphatic carboxylic acids is 1. The number of aryl methyl sites for hydroxylation is 1. The summed E-state index contributed by atoms with van der Waals surface area (Å²) in [6.07, 6.45) is 4.18. The molecule has 1 N–H and O–H groups in total. The number of carboxylic acids is 1. The Morgan fingerprint density at radius 2 is 2.00 bits per heavy atom. The van der Waals surface area contributed by atoms with E-state index in [0.29, 0.717) is 53.7 Å². The van der Waals surface area contributed by atoms with Gasteiger partial charge in [0.1, 0.15) is 11.6 Å². The third-order valence-electron chi connectivity index (χ3n) is 10.4. The lowest BCUT2D eigenvalue weighted by atomic mass is 9.69. The Morgan fingerprint density at radius 3 is 2.65 bits per heavy atom. The lowest BCUT2D eigenvalue weighted by Crippen LogP contribution is -2.60. The average molecular weight is 688 g/mol. The minimum Gasteiger partial charge on any atom is -0.479 e. The monoisotopic (exact) mass is 687 g/mol. The Kier molecular flexibility index (Phi) is 8.57. The first-order valence-corrected chi connectivity index (χ1v) is 18.0. The van der Waals surface area contributed by atoms with Crippen molar-refractivity contribution in [3.63, 3.8) is 0 Å². The molecule has 1 aromatic carbocycles. The summed E-state index contributed by atoms with van der Waals surface area (Å²) in [5.74, 6) is -0.158. The second-order valence-electron chi connectivity index (χ2n) is 13.3. The van der Waals surface area contributed by atoms with E-state index < -0.39 is 36.0 Å². The van der Waals surface area contributed by atoms with Crippen LogP contribution in [0.4, 0.5) is 4.39 Å². The van der Waals surface area contributed by atoms with E-state index in [4.69, 9.17) is 14.2 Å². The first-order valence-electron chi connectivity index (χ1n) is 14.8. The van der Waals surface area contributed by atoms with E-state index in [2.05, 4.69) is 49.4 Å². The molecule has 3 saturated carbocycles. The van der Waals surface area contributed by atoms with Crippen molar-refractivity contribution in [2.24, 2.45) is 34.3 Å². The Morgan fingerprint density at radius 1 is 1.25 bits per heavy atom. The van der Waals surface area contributed by atoms with E-state index in [0.717, 1.165) is 24.0 Å². The number of esters is 1. The Balaban J connectivity index is 1.29. The highest BCUT2D eigenvalue weighted by Gasteiger charge is 2.97. The maximum atomic E-state index is 15.9. The third-order valence-corrected chi connectivity index (χ3v) is 15.8. The molecule has 1 spiro atoms. The summed E-state index contributed by atoms with van der Waals surface area (Å²) in [5.41, 5.74) is -1.33. The van der Waals surface area contributed by atoms with Crippen molar-refractivity contribution in [2.45, 2.75) is 102 Å². The molecule has 3 fully saturated rings. The van der Waals surface area contributed by atoms with Crippen LogP contribution in [0, 0.1) is 36.5 Å². The molecule has 10 atom stereocenters. The quantitative estimate of drug-likeness (QED) is 0.117. The minimum atomic E-state index is -2.32. The number of alkyl halides is 2. The van der Waals surface area contributed by atoms with E-state index >= 15 is 4.39 Å². The molecule has 4 aliphatic rings. The fourth-order valence-corrected chi connectivity index (χ4v) is 14.5. The van der Waals surface area contributed by atoms with Crippen LogP contribution in [-0.2, 0) is 25.7 Å². The number of nitrogens with zero attached hydrogens (tertiary/aromatic N) is 1. The molecule has 1 aromatic rings. The highest BCUT2D eigenvalue weighted by molar-refractivity contribution is 14.1. The molecule has 9 heteroatoms. The van der Waals surface area contributed by atoms with Crippen LogP contribution in [0.15, 0.2) is 29.0 Å². The van der Waals surface area contributed by atoms with Crippen LogP contribution in [0.1, 0.15) is 70.9 Å². The van der Waals surface area contributed by atoms with Crippen LogP contribution in [0.2, 0.25) is 0 Å². The molecule has 5 unspecified atom stereocenters.